The molecule has 1 aromatic heterocycles. The highest BCUT2D eigenvalue weighted by atomic mass is 15.3. The van der Waals surface area contributed by atoms with Crippen molar-refractivity contribution >= 4 is 17.8 Å². The van der Waals surface area contributed by atoms with E-state index in [-0.39, 0.29) is 0 Å². The molecule has 2 aliphatic rings. The molecule has 21 heavy (non-hydrogen) atoms. The molecular weight excluding hydrogens is 264 g/mol. The normalized spacial score (nSPS) is 18.6. The van der Waals surface area contributed by atoms with Gasteiger partial charge in [0.2, 0.25) is 17.8 Å². The van der Waals surface area contributed by atoms with E-state index in [9.17, 15) is 0 Å². The van der Waals surface area contributed by atoms with Crippen LogP contribution < -0.4 is 15.5 Å². The van der Waals surface area contributed by atoms with Gasteiger partial charge in [-0.05, 0) is 38.0 Å². The lowest BCUT2D eigenvalue weighted by atomic mass is 10.1. The molecule has 3 rings (SSSR count). The monoisotopic (exact) mass is 290 g/mol. The van der Waals surface area contributed by atoms with Crippen LogP contribution in [0.5, 0.6) is 0 Å². The molecule has 0 bridgehead atoms. The molecule has 1 aliphatic heterocycles. The van der Waals surface area contributed by atoms with Crippen molar-refractivity contribution in [1.29, 1.82) is 0 Å². The number of hydrogen-bond acceptors (Lipinski definition) is 6. The maximum absolute atomic E-state index is 4.59. The van der Waals surface area contributed by atoms with E-state index in [1.54, 1.807) is 0 Å². The summed E-state index contributed by atoms with van der Waals surface area (Å²) in [5.74, 6) is 3.14. The minimum Gasteiger partial charge on any atom is -0.357 e. The average Bonchev–Trinajstić information content (AvgIpc) is 3.36. The van der Waals surface area contributed by atoms with Gasteiger partial charge in [-0.3, -0.25) is 0 Å². The van der Waals surface area contributed by atoms with Gasteiger partial charge in [0.05, 0.1) is 0 Å². The van der Waals surface area contributed by atoms with E-state index < -0.39 is 0 Å². The van der Waals surface area contributed by atoms with Crippen LogP contribution in [0.25, 0.3) is 0 Å². The molecule has 1 aromatic rings. The van der Waals surface area contributed by atoms with Crippen molar-refractivity contribution < 1.29 is 0 Å². The standard InChI is InChI=1S/C15H26N6/c1-16-13-18-14(17-9-5-6-12-7-8-12)20-15(19-13)21-10-3-2-4-11-21/h12H,2-11H2,1H3,(H2,16,17,18,19,20). The zero-order chi connectivity index (χ0) is 14.5. The van der Waals surface area contributed by atoms with Crippen molar-refractivity contribution in [2.75, 3.05) is 42.2 Å². The number of nitrogens with one attached hydrogen (secondary N) is 2. The van der Waals surface area contributed by atoms with E-state index in [1.807, 2.05) is 7.05 Å². The number of nitrogens with zero attached hydrogens (tertiary/aromatic N) is 4. The summed E-state index contributed by atoms with van der Waals surface area (Å²) in [6.07, 6.45) is 9.14. The van der Waals surface area contributed by atoms with Crippen LogP contribution in [0.4, 0.5) is 17.8 Å². The molecule has 1 saturated carbocycles. The van der Waals surface area contributed by atoms with Gasteiger partial charge >= 0.3 is 0 Å². The van der Waals surface area contributed by atoms with Crippen LogP contribution in [0.1, 0.15) is 44.9 Å². The SMILES string of the molecule is CNc1nc(NCCCC2CC2)nc(N2CCCCC2)n1. The quantitative estimate of drug-likeness (QED) is 0.752. The number of rotatable bonds is 7. The maximum atomic E-state index is 4.59. The molecule has 6 nitrogen and oxygen atoms in total. The number of piperidine rings is 1. The van der Waals surface area contributed by atoms with Gasteiger partial charge in [-0.1, -0.05) is 12.8 Å². The highest BCUT2D eigenvalue weighted by molar-refractivity contribution is 5.43. The molecular formula is C15H26N6. The molecule has 2 heterocycles. The Morgan fingerprint density at radius 3 is 2.52 bits per heavy atom. The first-order valence-electron chi connectivity index (χ1n) is 8.28. The third kappa shape index (κ3) is 4.19. The first-order valence-corrected chi connectivity index (χ1v) is 8.28. The fourth-order valence-electron chi connectivity index (χ4n) is 2.79. The second kappa shape index (κ2) is 6.91. The van der Waals surface area contributed by atoms with Gasteiger partial charge in [-0.15, -0.1) is 0 Å². The predicted molar refractivity (Wildman–Crippen MR) is 85.9 cm³/mol. The summed E-state index contributed by atoms with van der Waals surface area (Å²) < 4.78 is 0. The van der Waals surface area contributed by atoms with Gasteiger partial charge in [-0.25, -0.2) is 0 Å². The van der Waals surface area contributed by atoms with Gasteiger partial charge in [-0.2, -0.15) is 15.0 Å². The zero-order valence-corrected chi connectivity index (χ0v) is 12.9. The van der Waals surface area contributed by atoms with Gasteiger partial charge in [0, 0.05) is 26.7 Å². The summed E-state index contributed by atoms with van der Waals surface area (Å²) in [7, 11) is 1.85. The summed E-state index contributed by atoms with van der Waals surface area (Å²) in [6.45, 7) is 3.05. The van der Waals surface area contributed by atoms with E-state index >= 15 is 0 Å². The van der Waals surface area contributed by atoms with E-state index in [1.165, 1.54) is 44.9 Å². The van der Waals surface area contributed by atoms with Crippen LogP contribution in [-0.4, -0.2) is 41.6 Å². The van der Waals surface area contributed by atoms with E-state index in [0.29, 0.717) is 11.9 Å². The van der Waals surface area contributed by atoms with E-state index in [2.05, 4.69) is 30.5 Å². The van der Waals surface area contributed by atoms with Crippen molar-refractivity contribution in [2.24, 2.45) is 5.92 Å². The van der Waals surface area contributed by atoms with Gasteiger partial charge in [0.1, 0.15) is 0 Å². The van der Waals surface area contributed by atoms with Gasteiger partial charge < -0.3 is 15.5 Å². The molecule has 6 heteroatoms. The smallest absolute Gasteiger partial charge is 0.231 e. The number of aromatic nitrogens is 3. The Bertz CT molecular complexity index is 453. The fraction of sp³-hybridized carbons (Fsp3) is 0.800. The molecule has 0 atom stereocenters. The molecule has 2 fully saturated rings. The third-order valence-corrected chi connectivity index (χ3v) is 4.26. The summed E-state index contributed by atoms with van der Waals surface area (Å²) in [4.78, 5) is 15.8. The van der Waals surface area contributed by atoms with Crippen molar-refractivity contribution in [3.63, 3.8) is 0 Å². The first kappa shape index (κ1) is 14.4. The topological polar surface area (TPSA) is 66.0 Å². The molecule has 1 aliphatic carbocycles. The van der Waals surface area contributed by atoms with Crippen LogP contribution in [0.2, 0.25) is 0 Å². The number of anilines is 3. The van der Waals surface area contributed by atoms with Gasteiger partial charge in [0.25, 0.3) is 0 Å². The minimum absolute atomic E-state index is 0.648. The van der Waals surface area contributed by atoms with Crippen LogP contribution in [0.15, 0.2) is 0 Å². The Labute approximate surface area is 126 Å². The Hall–Kier alpha value is -1.59. The van der Waals surface area contributed by atoms with E-state index in [0.717, 1.165) is 31.5 Å². The molecule has 0 amide bonds. The zero-order valence-electron chi connectivity index (χ0n) is 12.9. The lowest BCUT2D eigenvalue weighted by molar-refractivity contribution is 0.567. The van der Waals surface area contributed by atoms with Crippen molar-refractivity contribution in [2.45, 2.75) is 44.9 Å². The van der Waals surface area contributed by atoms with Crippen molar-refractivity contribution in [1.82, 2.24) is 15.0 Å². The van der Waals surface area contributed by atoms with E-state index in [4.69, 9.17) is 0 Å². The molecule has 2 N–H and O–H groups in total. The summed E-state index contributed by atoms with van der Waals surface area (Å²) >= 11 is 0. The maximum Gasteiger partial charge on any atom is 0.231 e. The summed E-state index contributed by atoms with van der Waals surface area (Å²) in [6, 6.07) is 0. The predicted octanol–water partition coefficient (Wildman–Crippen LogP) is 2.51. The largest absolute Gasteiger partial charge is 0.357 e. The number of hydrogen-bond donors (Lipinski definition) is 2. The van der Waals surface area contributed by atoms with Crippen molar-refractivity contribution in [3.8, 4) is 0 Å². The fourth-order valence-corrected chi connectivity index (χ4v) is 2.79. The Morgan fingerprint density at radius 1 is 1.05 bits per heavy atom. The highest BCUT2D eigenvalue weighted by Gasteiger charge is 2.20. The van der Waals surface area contributed by atoms with Crippen molar-refractivity contribution in [3.05, 3.63) is 0 Å². The summed E-state index contributed by atoms with van der Waals surface area (Å²) in [5.41, 5.74) is 0. The molecule has 0 radical (unpaired) electrons. The Kier molecular flexibility index (Phi) is 4.72. The average molecular weight is 290 g/mol. The molecule has 0 unspecified atom stereocenters. The minimum atomic E-state index is 0.648. The molecule has 0 aromatic carbocycles. The molecule has 116 valence electrons. The van der Waals surface area contributed by atoms with Crippen LogP contribution in [0.3, 0.4) is 0 Å². The Balaban J connectivity index is 1.60. The van der Waals surface area contributed by atoms with Crippen LogP contribution in [0, 0.1) is 5.92 Å². The second-order valence-corrected chi connectivity index (χ2v) is 6.09. The van der Waals surface area contributed by atoms with Gasteiger partial charge in [0.15, 0.2) is 0 Å². The Morgan fingerprint density at radius 2 is 1.81 bits per heavy atom. The van der Waals surface area contributed by atoms with Crippen LogP contribution in [-0.2, 0) is 0 Å². The second-order valence-electron chi connectivity index (χ2n) is 6.09. The molecule has 0 spiro atoms. The third-order valence-electron chi connectivity index (χ3n) is 4.26. The first-order chi connectivity index (χ1) is 10.3. The lowest BCUT2D eigenvalue weighted by Crippen LogP contribution is -2.31. The van der Waals surface area contributed by atoms with Crippen LogP contribution >= 0.6 is 0 Å². The summed E-state index contributed by atoms with van der Waals surface area (Å²) in [5, 5.41) is 6.39. The highest BCUT2D eigenvalue weighted by Crippen LogP contribution is 2.33. The lowest BCUT2D eigenvalue weighted by Gasteiger charge is -2.26. The molecule has 1 saturated heterocycles.